The molecule has 1 nitrogen and oxygen atoms in total. The zero-order valence-electron chi connectivity index (χ0n) is 8.67. The van der Waals surface area contributed by atoms with Crippen LogP contribution in [0.15, 0.2) is 37.5 Å². The fraction of sp³-hybridized carbons (Fsp3) is 0.455. The van der Waals surface area contributed by atoms with Crippen LogP contribution in [0.3, 0.4) is 0 Å². The van der Waals surface area contributed by atoms with Crippen molar-refractivity contribution < 1.29 is 16.9 Å². The molecule has 0 rings (SSSR count). The molecule has 76 valence electrons. The maximum Gasteiger partial charge on any atom is 0.0972 e. The number of hydrogen-bond donors (Lipinski definition) is 0. The van der Waals surface area contributed by atoms with Crippen LogP contribution < -0.4 is 12.4 Å². The highest BCUT2D eigenvalue weighted by molar-refractivity contribution is 4.88. The van der Waals surface area contributed by atoms with Gasteiger partial charge >= 0.3 is 0 Å². The normalized spacial score (nSPS) is 10.9. The highest BCUT2D eigenvalue weighted by Gasteiger charge is 2.08. The molecule has 2 heteroatoms. The molecule has 0 aromatic rings. The number of halogens is 1. The van der Waals surface area contributed by atoms with Gasteiger partial charge in [-0.3, -0.25) is 0 Å². The Morgan fingerprint density at radius 1 is 1.00 bits per heavy atom. The number of nitrogens with zero attached hydrogens (tertiary/aromatic N) is 1. The molecule has 0 aliphatic rings. The van der Waals surface area contributed by atoms with Crippen molar-refractivity contribution in [3.63, 3.8) is 0 Å². The Labute approximate surface area is 88.4 Å². The van der Waals surface area contributed by atoms with Gasteiger partial charge in [0.15, 0.2) is 0 Å². The topological polar surface area (TPSA) is 0 Å². The molecule has 0 aromatic carbocycles. The molecule has 0 atom stereocenters. The first kappa shape index (κ1) is 15.0. The van der Waals surface area contributed by atoms with E-state index in [1.54, 1.807) is 0 Å². The Balaban J connectivity index is 0. The Morgan fingerprint density at radius 3 is 2.08 bits per heavy atom. The van der Waals surface area contributed by atoms with Crippen molar-refractivity contribution >= 4 is 0 Å². The number of hydrogen-bond acceptors (Lipinski definition) is 0. The molecule has 0 spiro atoms. The molecule has 0 aliphatic carbocycles. The van der Waals surface area contributed by atoms with Gasteiger partial charge in [0.05, 0.1) is 27.2 Å². The molecule has 0 radical (unpaired) electrons. The van der Waals surface area contributed by atoms with Crippen LogP contribution >= 0.6 is 0 Å². The fourth-order valence-electron chi connectivity index (χ4n) is 0.976. The van der Waals surface area contributed by atoms with E-state index in [2.05, 4.69) is 39.4 Å². The second kappa shape index (κ2) is 8.09. The summed E-state index contributed by atoms with van der Waals surface area (Å²) < 4.78 is 0.969. The van der Waals surface area contributed by atoms with Crippen LogP contribution in [0.5, 0.6) is 0 Å². The minimum atomic E-state index is 0. The van der Waals surface area contributed by atoms with Gasteiger partial charge in [0.1, 0.15) is 0 Å². The summed E-state index contributed by atoms with van der Waals surface area (Å²) in [6.45, 7) is 9.46. The molecule has 0 unspecified atom stereocenters. The number of quaternary nitrogens is 1. The second-order valence-corrected chi connectivity index (χ2v) is 3.59. The minimum Gasteiger partial charge on any atom is -1.00 e. The predicted molar refractivity (Wildman–Crippen MR) is 56.0 cm³/mol. The van der Waals surface area contributed by atoms with Gasteiger partial charge in [0.2, 0.25) is 0 Å². The molecule has 0 N–H and O–H groups in total. The summed E-state index contributed by atoms with van der Waals surface area (Å²) in [4.78, 5) is 0. The monoisotopic (exact) mass is 201 g/mol. The van der Waals surface area contributed by atoms with E-state index in [1.807, 2.05) is 12.2 Å². The lowest BCUT2D eigenvalue weighted by Crippen LogP contribution is -3.00. The van der Waals surface area contributed by atoms with Crippen LogP contribution in [0, 0.1) is 0 Å². The Morgan fingerprint density at radius 2 is 1.62 bits per heavy atom. The van der Waals surface area contributed by atoms with Gasteiger partial charge < -0.3 is 16.9 Å². The zero-order valence-corrected chi connectivity index (χ0v) is 9.43. The van der Waals surface area contributed by atoms with E-state index in [0.717, 1.165) is 24.0 Å². The van der Waals surface area contributed by atoms with Crippen molar-refractivity contribution in [3.05, 3.63) is 37.5 Å². The largest absolute Gasteiger partial charge is 1.00 e. The summed E-state index contributed by atoms with van der Waals surface area (Å²) in [5.74, 6) is 0. The summed E-state index contributed by atoms with van der Waals surface area (Å²) in [5, 5.41) is 0. The highest BCUT2D eigenvalue weighted by Crippen LogP contribution is 1.97. The lowest BCUT2D eigenvalue weighted by molar-refractivity contribution is -0.878. The summed E-state index contributed by atoms with van der Waals surface area (Å²) in [7, 11) is 4.39. The average molecular weight is 202 g/mol. The standard InChI is InChI=1S/C11H20N.ClH/c1-5-7-8-9-11-12(3,4)10-6-2;/h5-6,8-9H,1-2,7,10-11H2,3-4H3;1H/q+1;/p-1. The lowest BCUT2D eigenvalue weighted by Gasteiger charge is -2.26. The van der Waals surface area contributed by atoms with Gasteiger partial charge in [-0.1, -0.05) is 18.7 Å². The van der Waals surface area contributed by atoms with E-state index in [1.165, 1.54) is 0 Å². The van der Waals surface area contributed by atoms with Crippen molar-refractivity contribution in [2.45, 2.75) is 6.42 Å². The molecular formula is C11H20ClN. The van der Waals surface area contributed by atoms with E-state index in [-0.39, 0.29) is 12.4 Å². The van der Waals surface area contributed by atoms with Crippen molar-refractivity contribution in [1.82, 2.24) is 0 Å². The first-order chi connectivity index (χ1) is 5.62. The molecule has 0 bridgehead atoms. The number of rotatable bonds is 6. The van der Waals surface area contributed by atoms with E-state index in [0.29, 0.717) is 0 Å². The van der Waals surface area contributed by atoms with Crippen LogP contribution in [-0.4, -0.2) is 31.7 Å². The van der Waals surface area contributed by atoms with Crippen molar-refractivity contribution in [3.8, 4) is 0 Å². The zero-order chi connectivity index (χ0) is 9.45. The van der Waals surface area contributed by atoms with Gasteiger partial charge in [0.25, 0.3) is 0 Å². The minimum absolute atomic E-state index is 0. The molecule has 0 saturated heterocycles. The van der Waals surface area contributed by atoms with Crippen LogP contribution in [0.4, 0.5) is 0 Å². The maximum absolute atomic E-state index is 3.73. The Hall–Kier alpha value is -0.530. The maximum atomic E-state index is 3.73. The Kier molecular flexibility index (Phi) is 9.31. The molecular weight excluding hydrogens is 182 g/mol. The lowest BCUT2D eigenvalue weighted by atomic mass is 10.3. The van der Waals surface area contributed by atoms with Gasteiger partial charge in [-0.15, -0.1) is 6.58 Å². The quantitative estimate of drug-likeness (QED) is 0.397. The van der Waals surface area contributed by atoms with Gasteiger partial charge in [-0.25, -0.2) is 0 Å². The van der Waals surface area contributed by atoms with Crippen LogP contribution in [0.2, 0.25) is 0 Å². The van der Waals surface area contributed by atoms with Gasteiger partial charge in [0, 0.05) is 0 Å². The first-order valence-corrected chi connectivity index (χ1v) is 4.31. The summed E-state index contributed by atoms with van der Waals surface area (Å²) in [5.41, 5.74) is 0. The molecule has 0 fully saturated rings. The average Bonchev–Trinajstić information content (AvgIpc) is 1.98. The smallest absolute Gasteiger partial charge is 0.0972 e. The number of allylic oxidation sites excluding steroid dienone is 2. The molecule has 0 aliphatic heterocycles. The molecule has 13 heavy (non-hydrogen) atoms. The van der Waals surface area contributed by atoms with Crippen LogP contribution in [0.1, 0.15) is 6.42 Å². The second-order valence-electron chi connectivity index (χ2n) is 3.59. The predicted octanol–water partition coefficient (Wildman–Crippen LogP) is -0.615. The van der Waals surface area contributed by atoms with Gasteiger partial charge in [-0.2, -0.15) is 0 Å². The third-order valence-corrected chi connectivity index (χ3v) is 1.69. The molecule has 0 saturated carbocycles. The van der Waals surface area contributed by atoms with Crippen molar-refractivity contribution in [1.29, 1.82) is 0 Å². The van der Waals surface area contributed by atoms with Crippen LogP contribution in [-0.2, 0) is 0 Å². The molecule has 0 aromatic heterocycles. The van der Waals surface area contributed by atoms with E-state index >= 15 is 0 Å². The SMILES string of the molecule is C=CCC=CC[N+](C)(C)CC=C.[Cl-]. The third-order valence-electron chi connectivity index (χ3n) is 1.69. The van der Waals surface area contributed by atoms with Crippen molar-refractivity contribution in [2.24, 2.45) is 0 Å². The van der Waals surface area contributed by atoms with E-state index in [4.69, 9.17) is 0 Å². The Bertz CT molecular complexity index is 171. The van der Waals surface area contributed by atoms with Gasteiger partial charge in [-0.05, 0) is 18.6 Å². The highest BCUT2D eigenvalue weighted by atomic mass is 35.5. The summed E-state index contributed by atoms with van der Waals surface area (Å²) >= 11 is 0. The first-order valence-electron chi connectivity index (χ1n) is 4.31. The molecule has 0 heterocycles. The third kappa shape index (κ3) is 9.38. The van der Waals surface area contributed by atoms with Crippen molar-refractivity contribution in [2.75, 3.05) is 27.2 Å². The molecule has 0 amide bonds. The van der Waals surface area contributed by atoms with E-state index in [9.17, 15) is 0 Å². The fourth-order valence-corrected chi connectivity index (χ4v) is 0.976. The summed E-state index contributed by atoms with van der Waals surface area (Å²) in [6, 6.07) is 0. The van der Waals surface area contributed by atoms with Crippen LogP contribution in [0.25, 0.3) is 0 Å². The number of likely N-dealkylation sites (N-methyl/N-ethyl adjacent to an activating group) is 1. The van der Waals surface area contributed by atoms with E-state index < -0.39 is 0 Å². The summed E-state index contributed by atoms with van der Waals surface area (Å²) in [6.07, 6.45) is 9.18.